The molecule has 1 heterocycles. The summed E-state index contributed by atoms with van der Waals surface area (Å²) in [7, 11) is 1.56. The van der Waals surface area contributed by atoms with Crippen molar-refractivity contribution in [3.8, 4) is 5.75 Å². The summed E-state index contributed by atoms with van der Waals surface area (Å²) in [5, 5.41) is 2.91. The number of benzene rings is 2. The minimum absolute atomic E-state index is 0.130. The lowest BCUT2D eigenvalue weighted by Crippen LogP contribution is -2.49. The third kappa shape index (κ3) is 3.19. The Balaban J connectivity index is 1.32. The molecule has 6 heteroatoms. The summed E-state index contributed by atoms with van der Waals surface area (Å²) >= 11 is 0. The van der Waals surface area contributed by atoms with E-state index in [1.165, 1.54) is 4.90 Å². The van der Waals surface area contributed by atoms with Crippen molar-refractivity contribution in [2.24, 2.45) is 35.5 Å². The van der Waals surface area contributed by atoms with Gasteiger partial charge in [0.1, 0.15) is 11.8 Å². The van der Waals surface area contributed by atoms with Crippen LogP contribution in [0.4, 0.5) is 5.69 Å². The van der Waals surface area contributed by atoms with Crippen LogP contribution in [0.5, 0.6) is 5.75 Å². The lowest BCUT2D eigenvalue weighted by molar-refractivity contribution is -0.146. The van der Waals surface area contributed by atoms with E-state index in [2.05, 4.69) is 17.5 Å². The van der Waals surface area contributed by atoms with E-state index in [-0.39, 0.29) is 47.8 Å². The third-order valence-electron chi connectivity index (χ3n) is 7.92. The number of methoxy groups -OCH3 is 1. The van der Waals surface area contributed by atoms with Gasteiger partial charge < -0.3 is 10.1 Å². The predicted molar refractivity (Wildman–Crippen MR) is 122 cm³/mol. The van der Waals surface area contributed by atoms with Crippen LogP contribution in [0.2, 0.25) is 0 Å². The smallest absolute Gasteiger partial charge is 0.248 e. The van der Waals surface area contributed by atoms with Crippen LogP contribution < -0.4 is 10.1 Å². The van der Waals surface area contributed by atoms with Crippen molar-refractivity contribution < 1.29 is 19.1 Å². The van der Waals surface area contributed by atoms with Gasteiger partial charge in [-0.1, -0.05) is 48.6 Å². The van der Waals surface area contributed by atoms with Gasteiger partial charge in [0.15, 0.2) is 0 Å². The zero-order valence-corrected chi connectivity index (χ0v) is 18.4. The van der Waals surface area contributed by atoms with Crippen molar-refractivity contribution in [3.63, 3.8) is 0 Å². The van der Waals surface area contributed by atoms with Crippen molar-refractivity contribution >= 4 is 23.4 Å². The van der Waals surface area contributed by atoms with E-state index in [4.69, 9.17) is 4.74 Å². The number of nitrogens with one attached hydrogen (secondary N) is 1. The normalized spacial score (nSPS) is 31.7. The molecule has 0 spiro atoms. The maximum atomic E-state index is 13.7. The Morgan fingerprint density at radius 1 is 1.00 bits per heavy atom. The molecule has 33 heavy (non-hydrogen) atoms. The Bertz CT molecular complexity index is 1120. The number of rotatable bonds is 6. The molecule has 0 aromatic heterocycles. The summed E-state index contributed by atoms with van der Waals surface area (Å²) in [6.07, 6.45) is 5.69. The van der Waals surface area contributed by atoms with E-state index < -0.39 is 6.04 Å². The van der Waals surface area contributed by atoms with Crippen LogP contribution in [0.25, 0.3) is 0 Å². The molecular formula is C27H26N2O4. The van der Waals surface area contributed by atoms with Crippen molar-refractivity contribution in [1.29, 1.82) is 0 Å². The molecule has 2 bridgehead atoms. The number of amides is 3. The number of likely N-dealkylation sites (tertiary alicyclic amines) is 1. The van der Waals surface area contributed by atoms with E-state index in [9.17, 15) is 14.4 Å². The van der Waals surface area contributed by atoms with Crippen LogP contribution in [-0.4, -0.2) is 35.8 Å². The van der Waals surface area contributed by atoms with Crippen LogP contribution in [0.3, 0.4) is 0 Å². The van der Waals surface area contributed by atoms with Gasteiger partial charge in [0.05, 0.1) is 18.9 Å². The van der Waals surface area contributed by atoms with Crippen LogP contribution >= 0.6 is 0 Å². The van der Waals surface area contributed by atoms with Crippen LogP contribution in [0.1, 0.15) is 12.0 Å². The van der Waals surface area contributed by atoms with Gasteiger partial charge in [-0.15, -0.1) is 0 Å². The first-order chi connectivity index (χ1) is 16.1. The SMILES string of the molecule is COc1cccc(NC(=O)[C@H](Cc2ccccc2)N2C(=O)[C@@H]3[C@H]4C=C[C@@H]([C@@H]5C[C@H]45)[C@H]3C2=O)c1. The fourth-order valence-electron chi connectivity index (χ4n) is 6.35. The second-order valence-corrected chi connectivity index (χ2v) is 9.63. The standard InChI is InChI=1S/C27H26N2O4/c1-33-17-9-5-8-16(13-17)28-25(30)22(12-15-6-3-2-4-7-15)29-26(31)23-18-10-11-19(21-14-20(18)21)24(23)27(29)32/h2-11,13,18-24H,12,14H2,1H3,(H,28,30)/t18-,19-,20-,21+,22-,23+,24+/m0/s1. The number of anilines is 1. The lowest BCUT2D eigenvalue weighted by Gasteiger charge is -2.37. The van der Waals surface area contributed by atoms with Gasteiger partial charge in [0, 0.05) is 18.2 Å². The molecule has 1 N–H and O–H groups in total. The first-order valence-electron chi connectivity index (χ1n) is 11.6. The molecular weight excluding hydrogens is 416 g/mol. The highest BCUT2D eigenvalue weighted by molar-refractivity contribution is 6.10. The summed E-state index contributed by atoms with van der Waals surface area (Å²) in [6, 6.07) is 15.7. The summed E-state index contributed by atoms with van der Waals surface area (Å²) in [4.78, 5) is 42.2. The monoisotopic (exact) mass is 442 g/mol. The molecule has 3 amide bonds. The molecule has 1 saturated heterocycles. The Labute approximate surface area is 192 Å². The molecule has 2 aromatic rings. The van der Waals surface area contributed by atoms with Gasteiger partial charge in [-0.25, -0.2) is 0 Å². The fraction of sp³-hybridized carbons (Fsp3) is 0.370. The quantitative estimate of drug-likeness (QED) is 0.550. The van der Waals surface area contributed by atoms with Gasteiger partial charge in [-0.2, -0.15) is 0 Å². The minimum Gasteiger partial charge on any atom is -0.497 e. The average Bonchev–Trinajstić information content (AvgIpc) is 3.62. The molecule has 3 fully saturated rings. The molecule has 0 unspecified atom stereocenters. The Hall–Kier alpha value is -3.41. The summed E-state index contributed by atoms with van der Waals surface area (Å²) in [5.74, 6) is 0.556. The lowest BCUT2D eigenvalue weighted by atomic mass is 9.63. The Kier molecular flexibility index (Phi) is 4.64. The van der Waals surface area contributed by atoms with E-state index in [1.54, 1.807) is 31.4 Å². The zero-order chi connectivity index (χ0) is 22.7. The second-order valence-electron chi connectivity index (χ2n) is 9.63. The number of imide groups is 1. The topological polar surface area (TPSA) is 75.7 Å². The van der Waals surface area contributed by atoms with Gasteiger partial charge in [-0.05, 0) is 47.8 Å². The number of allylic oxidation sites excluding steroid dienone is 2. The highest BCUT2D eigenvalue weighted by Crippen LogP contribution is 2.65. The highest BCUT2D eigenvalue weighted by Gasteiger charge is 2.67. The minimum atomic E-state index is -0.903. The number of nitrogens with zero attached hydrogens (tertiary/aromatic N) is 1. The summed E-state index contributed by atoms with van der Waals surface area (Å²) in [6.45, 7) is 0. The maximum Gasteiger partial charge on any atom is 0.248 e. The van der Waals surface area contributed by atoms with Crippen molar-refractivity contribution in [3.05, 3.63) is 72.3 Å². The third-order valence-corrected chi connectivity index (χ3v) is 7.92. The number of carbonyl (C=O) groups is 3. The molecule has 1 aliphatic heterocycles. The van der Waals surface area contributed by atoms with Gasteiger partial charge in [0.25, 0.3) is 0 Å². The molecule has 2 saturated carbocycles. The molecule has 4 aliphatic carbocycles. The van der Waals surface area contributed by atoms with E-state index >= 15 is 0 Å². The largest absolute Gasteiger partial charge is 0.497 e. The van der Waals surface area contributed by atoms with Gasteiger partial charge in [-0.3, -0.25) is 19.3 Å². The van der Waals surface area contributed by atoms with Crippen molar-refractivity contribution in [2.45, 2.75) is 18.9 Å². The van der Waals surface area contributed by atoms with E-state index in [0.29, 0.717) is 23.3 Å². The molecule has 7 atom stereocenters. The van der Waals surface area contributed by atoms with Crippen LogP contribution in [0.15, 0.2) is 66.7 Å². The number of carbonyl (C=O) groups excluding carboxylic acids is 3. The Morgan fingerprint density at radius 2 is 1.67 bits per heavy atom. The Morgan fingerprint density at radius 3 is 2.30 bits per heavy atom. The first kappa shape index (κ1) is 20.2. The summed E-state index contributed by atoms with van der Waals surface area (Å²) < 4.78 is 5.26. The number of hydrogen-bond acceptors (Lipinski definition) is 4. The zero-order valence-electron chi connectivity index (χ0n) is 18.4. The average molecular weight is 443 g/mol. The molecule has 2 aromatic carbocycles. The van der Waals surface area contributed by atoms with Crippen LogP contribution in [0, 0.1) is 35.5 Å². The first-order valence-corrected chi connectivity index (χ1v) is 11.6. The molecule has 7 rings (SSSR count). The molecule has 5 aliphatic rings. The van der Waals surface area contributed by atoms with E-state index in [1.807, 2.05) is 30.3 Å². The van der Waals surface area contributed by atoms with Crippen molar-refractivity contribution in [2.75, 3.05) is 12.4 Å². The molecule has 0 radical (unpaired) electrons. The summed E-state index contributed by atoms with van der Waals surface area (Å²) in [5.41, 5.74) is 1.47. The molecule has 6 nitrogen and oxygen atoms in total. The highest BCUT2D eigenvalue weighted by atomic mass is 16.5. The van der Waals surface area contributed by atoms with Crippen molar-refractivity contribution in [1.82, 2.24) is 4.90 Å². The van der Waals surface area contributed by atoms with E-state index in [0.717, 1.165) is 12.0 Å². The molecule has 168 valence electrons. The number of ether oxygens (including phenoxy) is 1. The predicted octanol–water partition coefficient (Wildman–Crippen LogP) is 3.30. The van der Waals surface area contributed by atoms with Gasteiger partial charge in [0.2, 0.25) is 17.7 Å². The number of hydrogen-bond donors (Lipinski definition) is 1. The fourth-order valence-corrected chi connectivity index (χ4v) is 6.35. The maximum absolute atomic E-state index is 13.7. The van der Waals surface area contributed by atoms with Crippen LogP contribution in [-0.2, 0) is 20.8 Å². The second kappa shape index (κ2) is 7.58. The van der Waals surface area contributed by atoms with Gasteiger partial charge >= 0.3 is 0 Å².